The number of carbonyl (C=O) groups excluding carboxylic acids is 1. The molecule has 3 heterocycles. The van der Waals surface area contributed by atoms with Gasteiger partial charge in [0.2, 0.25) is 5.91 Å². The van der Waals surface area contributed by atoms with Crippen molar-refractivity contribution in [3.05, 3.63) is 52.5 Å². The highest BCUT2D eigenvalue weighted by molar-refractivity contribution is 7.09. The number of carbonyl (C=O) groups is 1. The second-order valence-corrected chi connectivity index (χ2v) is 7.67. The van der Waals surface area contributed by atoms with Gasteiger partial charge in [-0.05, 0) is 12.0 Å². The Morgan fingerprint density at radius 3 is 2.83 bits per heavy atom. The third-order valence-corrected chi connectivity index (χ3v) is 6.09. The first-order valence-electron chi connectivity index (χ1n) is 8.10. The zero-order chi connectivity index (χ0) is 15.9. The number of aromatic nitrogens is 1. The van der Waals surface area contributed by atoms with Crippen LogP contribution in [0.4, 0.5) is 0 Å². The van der Waals surface area contributed by atoms with E-state index in [9.17, 15) is 4.79 Å². The van der Waals surface area contributed by atoms with E-state index in [2.05, 4.69) is 34.1 Å². The van der Waals surface area contributed by atoms with E-state index in [0.29, 0.717) is 5.91 Å². The van der Waals surface area contributed by atoms with Gasteiger partial charge in [-0.1, -0.05) is 30.3 Å². The van der Waals surface area contributed by atoms with Gasteiger partial charge in [0, 0.05) is 44.2 Å². The molecule has 0 N–H and O–H groups in total. The Hall–Kier alpha value is -1.72. The van der Waals surface area contributed by atoms with Crippen LogP contribution in [-0.2, 0) is 11.3 Å². The van der Waals surface area contributed by atoms with E-state index < -0.39 is 0 Å². The van der Waals surface area contributed by atoms with Gasteiger partial charge in [-0.25, -0.2) is 4.98 Å². The van der Waals surface area contributed by atoms with Crippen molar-refractivity contribution in [2.45, 2.75) is 18.9 Å². The molecule has 1 aromatic carbocycles. The fourth-order valence-electron chi connectivity index (χ4n) is 4.19. The summed E-state index contributed by atoms with van der Waals surface area (Å²) in [6.07, 6.45) is 2.81. The van der Waals surface area contributed by atoms with Crippen LogP contribution in [0, 0.1) is 5.41 Å². The topological polar surface area (TPSA) is 36.4 Å². The quantitative estimate of drug-likeness (QED) is 0.869. The average Bonchev–Trinajstić information content (AvgIpc) is 3.27. The summed E-state index contributed by atoms with van der Waals surface area (Å²) in [6, 6.07) is 10.5. The first kappa shape index (κ1) is 14.8. The van der Waals surface area contributed by atoms with Gasteiger partial charge in [0.15, 0.2) is 0 Å². The van der Waals surface area contributed by atoms with Crippen LogP contribution in [0.3, 0.4) is 0 Å². The van der Waals surface area contributed by atoms with Crippen molar-refractivity contribution >= 4 is 17.2 Å². The highest BCUT2D eigenvalue weighted by atomic mass is 32.1. The van der Waals surface area contributed by atoms with Crippen molar-refractivity contribution < 1.29 is 4.79 Å². The summed E-state index contributed by atoms with van der Waals surface area (Å²) in [5.41, 5.74) is 1.03. The van der Waals surface area contributed by atoms with E-state index in [4.69, 9.17) is 0 Å². The Bertz CT molecular complexity index is 688. The summed E-state index contributed by atoms with van der Waals surface area (Å²) in [5.74, 6) is 0.592. The lowest BCUT2D eigenvalue weighted by atomic mass is 9.73. The molecule has 23 heavy (non-hydrogen) atoms. The number of hydrogen-bond acceptors (Lipinski definition) is 4. The van der Waals surface area contributed by atoms with Gasteiger partial charge >= 0.3 is 0 Å². The molecule has 1 amide bonds. The Morgan fingerprint density at radius 2 is 2.17 bits per heavy atom. The van der Waals surface area contributed by atoms with Crippen molar-refractivity contribution in [3.8, 4) is 0 Å². The highest BCUT2D eigenvalue weighted by Crippen LogP contribution is 2.49. The summed E-state index contributed by atoms with van der Waals surface area (Å²) < 4.78 is 0. The SMILES string of the molecule is CN1CC[C@@]2(CN(Cc3nccs3)C[C@H]2c2ccccc2)C1=O. The molecule has 0 aliphatic carbocycles. The molecular weight excluding hydrogens is 306 g/mol. The maximum Gasteiger partial charge on any atom is 0.230 e. The summed E-state index contributed by atoms with van der Waals surface area (Å²) in [5, 5.41) is 3.15. The lowest BCUT2D eigenvalue weighted by Gasteiger charge is -2.28. The van der Waals surface area contributed by atoms with E-state index in [1.807, 2.05) is 29.6 Å². The molecule has 0 radical (unpaired) electrons. The molecule has 2 aliphatic rings. The molecule has 2 aromatic rings. The molecule has 1 aromatic heterocycles. The Labute approximate surface area is 140 Å². The van der Waals surface area contributed by atoms with Crippen LogP contribution in [0.2, 0.25) is 0 Å². The minimum absolute atomic E-state index is 0.257. The molecule has 4 rings (SSSR count). The Kier molecular flexibility index (Phi) is 3.70. The minimum Gasteiger partial charge on any atom is -0.345 e. The van der Waals surface area contributed by atoms with Crippen LogP contribution in [0.5, 0.6) is 0 Å². The van der Waals surface area contributed by atoms with E-state index >= 15 is 0 Å². The number of benzene rings is 1. The number of rotatable bonds is 3. The Balaban J connectivity index is 1.66. The second kappa shape index (κ2) is 5.73. The minimum atomic E-state index is -0.257. The standard InChI is InChI=1S/C18H21N3OS/c1-20-9-7-18(17(20)22)13-21(12-16-19-8-10-23-16)11-15(18)14-5-3-2-4-6-14/h2-6,8,10,15H,7,9,11-13H2,1H3/t15-,18-/m0/s1. The number of hydrogen-bond donors (Lipinski definition) is 0. The molecular formula is C18H21N3OS. The molecule has 2 fully saturated rings. The van der Waals surface area contributed by atoms with Crippen LogP contribution >= 0.6 is 11.3 Å². The molecule has 1 spiro atoms. The maximum atomic E-state index is 12.9. The fourth-order valence-corrected chi connectivity index (χ4v) is 4.84. The summed E-state index contributed by atoms with van der Waals surface area (Å²) in [6.45, 7) is 3.49. The van der Waals surface area contributed by atoms with Crippen molar-refractivity contribution in [1.29, 1.82) is 0 Å². The smallest absolute Gasteiger partial charge is 0.230 e. The first-order valence-corrected chi connectivity index (χ1v) is 8.98. The molecule has 5 heteroatoms. The highest BCUT2D eigenvalue weighted by Gasteiger charge is 2.56. The van der Waals surface area contributed by atoms with E-state index in [1.165, 1.54) is 5.56 Å². The monoisotopic (exact) mass is 327 g/mol. The summed E-state index contributed by atoms with van der Waals surface area (Å²) >= 11 is 1.69. The van der Waals surface area contributed by atoms with Gasteiger partial charge < -0.3 is 4.90 Å². The van der Waals surface area contributed by atoms with E-state index in [0.717, 1.165) is 37.6 Å². The molecule has 2 atom stereocenters. The van der Waals surface area contributed by atoms with Crippen LogP contribution in [0.25, 0.3) is 0 Å². The summed E-state index contributed by atoms with van der Waals surface area (Å²) in [7, 11) is 1.93. The van der Waals surface area contributed by atoms with Crippen molar-refractivity contribution in [2.75, 3.05) is 26.7 Å². The van der Waals surface area contributed by atoms with E-state index in [1.54, 1.807) is 11.3 Å². The van der Waals surface area contributed by atoms with Crippen LogP contribution in [-0.4, -0.2) is 47.4 Å². The number of amides is 1. The third kappa shape index (κ3) is 2.48. The molecule has 0 unspecified atom stereocenters. The normalized spacial score (nSPS) is 28.1. The predicted molar refractivity (Wildman–Crippen MR) is 91.3 cm³/mol. The molecule has 0 saturated carbocycles. The largest absolute Gasteiger partial charge is 0.345 e. The number of thiazole rings is 1. The molecule has 4 nitrogen and oxygen atoms in total. The second-order valence-electron chi connectivity index (χ2n) is 6.69. The number of likely N-dealkylation sites (tertiary alicyclic amines) is 2. The van der Waals surface area contributed by atoms with Crippen LogP contribution < -0.4 is 0 Å². The zero-order valence-electron chi connectivity index (χ0n) is 13.3. The average molecular weight is 327 g/mol. The zero-order valence-corrected chi connectivity index (χ0v) is 14.1. The predicted octanol–water partition coefficient (Wildman–Crippen LogP) is 2.59. The molecule has 2 saturated heterocycles. The van der Waals surface area contributed by atoms with Gasteiger partial charge in [0.05, 0.1) is 12.0 Å². The van der Waals surface area contributed by atoms with Crippen molar-refractivity contribution in [2.24, 2.45) is 5.41 Å². The molecule has 2 aliphatic heterocycles. The van der Waals surface area contributed by atoms with Gasteiger partial charge in [-0.2, -0.15) is 0 Å². The lowest BCUT2D eigenvalue weighted by molar-refractivity contribution is -0.135. The Morgan fingerprint density at radius 1 is 1.35 bits per heavy atom. The maximum absolute atomic E-state index is 12.9. The van der Waals surface area contributed by atoms with Gasteiger partial charge in [-0.15, -0.1) is 11.3 Å². The number of nitrogens with zero attached hydrogens (tertiary/aromatic N) is 3. The molecule has 0 bridgehead atoms. The van der Waals surface area contributed by atoms with Crippen molar-refractivity contribution in [1.82, 2.24) is 14.8 Å². The van der Waals surface area contributed by atoms with Crippen LogP contribution in [0.15, 0.2) is 41.9 Å². The first-order chi connectivity index (χ1) is 11.2. The van der Waals surface area contributed by atoms with Gasteiger partial charge in [-0.3, -0.25) is 9.69 Å². The van der Waals surface area contributed by atoms with E-state index in [-0.39, 0.29) is 11.3 Å². The summed E-state index contributed by atoms with van der Waals surface area (Å²) in [4.78, 5) is 21.7. The third-order valence-electron chi connectivity index (χ3n) is 5.32. The molecule has 120 valence electrons. The fraction of sp³-hybridized carbons (Fsp3) is 0.444. The van der Waals surface area contributed by atoms with Crippen LogP contribution in [0.1, 0.15) is 22.9 Å². The van der Waals surface area contributed by atoms with Gasteiger partial charge in [0.25, 0.3) is 0 Å². The van der Waals surface area contributed by atoms with Crippen molar-refractivity contribution in [3.63, 3.8) is 0 Å². The van der Waals surface area contributed by atoms with Gasteiger partial charge in [0.1, 0.15) is 5.01 Å². The lowest BCUT2D eigenvalue weighted by Crippen LogP contribution is -2.38.